The van der Waals surface area contributed by atoms with Gasteiger partial charge in [-0.1, -0.05) is 60.1 Å². The van der Waals surface area contributed by atoms with Gasteiger partial charge >= 0.3 is 5.97 Å². The number of benzene rings is 3. The van der Waals surface area contributed by atoms with E-state index in [9.17, 15) is 9.90 Å². The molecule has 0 aliphatic carbocycles. The number of aromatic carboxylic acids is 1. The maximum Gasteiger partial charge on any atom is 0.339 e. The number of halogens is 1. The van der Waals surface area contributed by atoms with Crippen LogP contribution < -0.4 is 4.74 Å². The van der Waals surface area contributed by atoms with Crippen LogP contribution in [-0.4, -0.2) is 11.1 Å². The van der Waals surface area contributed by atoms with Gasteiger partial charge in [-0.15, -0.1) is 0 Å². The van der Waals surface area contributed by atoms with E-state index in [2.05, 4.69) is 0 Å². The summed E-state index contributed by atoms with van der Waals surface area (Å²) in [6, 6.07) is 22.0. The SMILES string of the molecule is O=C(O)c1cc(-c2cccc(Cl)c2)ccc1OCc1ccccc1. The van der Waals surface area contributed by atoms with Gasteiger partial charge < -0.3 is 9.84 Å². The van der Waals surface area contributed by atoms with Crippen LogP contribution in [0.4, 0.5) is 0 Å². The van der Waals surface area contributed by atoms with Gasteiger partial charge in [0.2, 0.25) is 0 Å². The number of ether oxygens (including phenoxy) is 1. The van der Waals surface area contributed by atoms with E-state index in [1.54, 1.807) is 24.3 Å². The van der Waals surface area contributed by atoms with Gasteiger partial charge in [-0.05, 0) is 41.0 Å². The molecule has 3 nitrogen and oxygen atoms in total. The van der Waals surface area contributed by atoms with E-state index in [1.165, 1.54) is 0 Å². The van der Waals surface area contributed by atoms with E-state index in [1.807, 2.05) is 48.5 Å². The van der Waals surface area contributed by atoms with Crippen molar-refractivity contribution in [1.82, 2.24) is 0 Å². The van der Waals surface area contributed by atoms with Gasteiger partial charge in [0.25, 0.3) is 0 Å². The van der Waals surface area contributed by atoms with Crippen molar-refractivity contribution in [3.8, 4) is 16.9 Å². The van der Waals surface area contributed by atoms with Crippen molar-refractivity contribution in [2.75, 3.05) is 0 Å². The van der Waals surface area contributed by atoms with Crippen molar-refractivity contribution >= 4 is 17.6 Å². The fraction of sp³-hybridized carbons (Fsp3) is 0.0500. The molecule has 4 heteroatoms. The van der Waals surface area contributed by atoms with E-state index in [0.29, 0.717) is 17.4 Å². The summed E-state index contributed by atoms with van der Waals surface area (Å²) in [6.07, 6.45) is 0. The number of carboxylic acid groups (broad SMARTS) is 1. The van der Waals surface area contributed by atoms with Crippen molar-refractivity contribution in [3.63, 3.8) is 0 Å². The molecule has 3 aromatic rings. The summed E-state index contributed by atoms with van der Waals surface area (Å²) < 4.78 is 5.69. The predicted octanol–water partition coefficient (Wildman–Crippen LogP) is 5.28. The summed E-state index contributed by atoms with van der Waals surface area (Å²) in [5.74, 6) is -0.681. The van der Waals surface area contributed by atoms with Crippen LogP contribution in [0.5, 0.6) is 5.75 Å². The second kappa shape index (κ2) is 7.20. The van der Waals surface area contributed by atoms with Crippen molar-refractivity contribution in [2.24, 2.45) is 0 Å². The molecule has 0 aromatic heterocycles. The summed E-state index contributed by atoms with van der Waals surface area (Å²) in [6.45, 7) is 0.317. The van der Waals surface area contributed by atoms with E-state index < -0.39 is 5.97 Å². The molecule has 120 valence electrons. The van der Waals surface area contributed by atoms with Gasteiger partial charge in [-0.25, -0.2) is 4.79 Å². The van der Waals surface area contributed by atoms with Gasteiger partial charge in [-0.2, -0.15) is 0 Å². The molecule has 0 heterocycles. The third kappa shape index (κ3) is 3.76. The molecule has 0 aliphatic rings. The average molecular weight is 339 g/mol. The van der Waals surface area contributed by atoms with Crippen molar-refractivity contribution in [2.45, 2.75) is 6.61 Å². The normalized spacial score (nSPS) is 10.4. The molecule has 0 radical (unpaired) electrons. The fourth-order valence-electron chi connectivity index (χ4n) is 2.41. The van der Waals surface area contributed by atoms with Crippen LogP contribution in [0.25, 0.3) is 11.1 Å². The summed E-state index contributed by atoms with van der Waals surface area (Å²) >= 11 is 6.00. The lowest BCUT2D eigenvalue weighted by atomic mass is 10.0. The molecular formula is C20H15ClO3. The van der Waals surface area contributed by atoms with E-state index >= 15 is 0 Å². The second-order valence-corrected chi connectivity index (χ2v) is 5.74. The first kappa shape index (κ1) is 16.1. The van der Waals surface area contributed by atoms with Crippen LogP contribution in [0.2, 0.25) is 5.02 Å². The third-order valence-electron chi connectivity index (χ3n) is 3.61. The highest BCUT2D eigenvalue weighted by molar-refractivity contribution is 6.30. The summed E-state index contributed by atoms with van der Waals surface area (Å²) in [5.41, 5.74) is 2.75. The molecule has 0 saturated heterocycles. The lowest BCUT2D eigenvalue weighted by molar-refractivity contribution is 0.0692. The highest BCUT2D eigenvalue weighted by Gasteiger charge is 2.13. The molecule has 0 saturated carbocycles. The molecule has 3 rings (SSSR count). The minimum absolute atomic E-state index is 0.128. The Kier molecular flexibility index (Phi) is 4.82. The van der Waals surface area contributed by atoms with Gasteiger partial charge in [0.05, 0.1) is 0 Å². The van der Waals surface area contributed by atoms with Crippen LogP contribution in [-0.2, 0) is 6.61 Å². The summed E-state index contributed by atoms with van der Waals surface area (Å²) in [7, 11) is 0. The zero-order chi connectivity index (χ0) is 16.9. The van der Waals surface area contributed by atoms with Crippen LogP contribution in [0.15, 0.2) is 72.8 Å². The van der Waals surface area contributed by atoms with E-state index in [4.69, 9.17) is 16.3 Å². The zero-order valence-electron chi connectivity index (χ0n) is 12.8. The van der Waals surface area contributed by atoms with Crippen molar-refractivity contribution in [3.05, 3.63) is 88.9 Å². The lowest BCUT2D eigenvalue weighted by Crippen LogP contribution is -2.03. The van der Waals surface area contributed by atoms with Gasteiger partial charge in [0.15, 0.2) is 0 Å². The van der Waals surface area contributed by atoms with Crippen LogP contribution in [0.1, 0.15) is 15.9 Å². The molecule has 0 amide bonds. The Morgan fingerprint density at radius 1 is 0.917 bits per heavy atom. The highest BCUT2D eigenvalue weighted by atomic mass is 35.5. The Labute approximate surface area is 145 Å². The van der Waals surface area contributed by atoms with Gasteiger partial charge in [0, 0.05) is 5.02 Å². The monoisotopic (exact) mass is 338 g/mol. The Morgan fingerprint density at radius 3 is 2.38 bits per heavy atom. The van der Waals surface area contributed by atoms with Crippen molar-refractivity contribution < 1.29 is 14.6 Å². The van der Waals surface area contributed by atoms with Gasteiger partial charge in [0.1, 0.15) is 17.9 Å². The lowest BCUT2D eigenvalue weighted by Gasteiger charge is -2.11. The van der Waals surface area contributed by atoms with E-state index in [-0.39, 0.29) is 5.56 Å². The molecular weight excluding hydrogens is 324 g/mol. The zero-order valence-corrected chi connectivity index (χ0v) is 13.5. The molecule has 0 bridgehead atoms. The molecule has 0 atom stereocenters. The minimum atomic E-state index is -1.03. The maximum atomic E-state index is 11.6. The molecule has 0 aliphatic heterocycles. The second-order valence-electron chi connectivity index (χ2n) is 5.30. The van der Waals surface area contributed by atoms with Crippen molar-refractivity contribution in [1.29, 1.82) is 0 Å². The number of carbonyl (C=O) groups is 1. The molecule has 24 heavy (non-hydrogen) atoms. The van der Waals surface area contributed by atoms with Crippen LogP contribution >= 0.6 is 11.6 Å². The van der Waals surface area contributed by atoms with Gasteiger partial charge in [-0.3, -0.25) is 0 Å². The number of hydrogen-bond donors (Lipinski definition) is 1. The Bertz CT molecular complexity index is 860. The Morgan fingerprint density at radius 2 is 1.67 bits per heavy atom. The minimum Gasteiger partial charge on any atom is -0.488 e. The molecule has 0 fully saturated rings. The number of rotatable bonds is 5. The first-order chi connectivity index (χ1) is 11.6. The van der Waals surface area contributed by atoms with Crippen LogP contribution in [0, 0.1) is 0 Å². The smallest absolute Gasteiger partial charge is 0.339 e. The first-order valence-electron chi connectivity index (χ1n) is 7.43. The highest BCUT2D eigenvalue weighted by Crippen LogP contribution is 2.29. The third-order valence-corrected chi connectivity index (χ3v) is 3.84. The Balaban J connectivity index is 1.89. The Hall–Kier alpha value is -2.78. The predicted molar refractivity (Wildman–Crippen MR) is 94.6 cm³/mol. The number of carboxylic acids is 1. The maximum absolute atomic E-state index is 11.6. The first-order valence-corrected chi connectivity index (χ1v) is 7.81. The summed E-state index contributed by atoms with van der Waals surface area (Å²) in [4.78, 5) is 11.6. The van der Waals surface area contributed by atoms with Crippen LogP contribution in [0.3, 0.4) is 0 Å². The fourth-order valence-corrected chi connectivity index (χ4v) is 2.60. The standard InChI is InChI=1S/C20H15ClO3/c21-17-8-4-7-15(11-17)16-9-10-19(18(12-16)20(22)23)24-13-14-5-2-1-3-6-14/h1-12H,13H2,(H,22,23). The molecule has 0 unspecified atom stereocenters. The van der Waals surface area contributed by atoms with E-state index in [0.717, 1.165) is 16.7 Å². The largest absolute Gasteiger partial charge is 0.488 e. The topological polar surface area (TPSA) is 46.5 Å². The quantitative estimate of drug-likeness (QED) is 0.688. The molecule has 3 aromatic carbocycles. The number of hydrogen-bond acceptors (Lipinski definition) is 2. The molecule has 1 N–H and O–H groups in total. The summed E-state index contributed by atoms with van der Waals surface area (Å²) in [5, 5.41) is 10.1. The molecule has 0 spiro atoms. The average Bonchev–Trinajstić information content (AvgIpc) is 2.60.